The van der Waals surface area contributed by atoms with Crippen molar-refractivity contribution < 1.29 is 0 Å². The number of para-hydroxylation sites is 1. The summed E-state index contributed by atoms with van der Waals surface area (Å²) >= 11 is 0. The molecule has 2 fully saturated rings. The molecule has 4 heteroatoms. The lowest BCUT2D eigenvalue weighted by atomic mass is 9.91. The van der Waals surface area contributed by atoms with Crippen LogP contribution in [0.15, 0.2) is 18.2 Å². The number of nitrogens with one attached hydrogen (secondary N) is 1. The third kappa shape index (κ3) is 3.32. The molecule has 0 aliphatic carbocycles. The van der Waals surface area contributed by atoms with Gasteiger partial charge in [0.05, 0.1) is 0 Å². The fraction of sp³-hybridized carbons (Fsp3) is 0.700. The van der Waals surface area contributed by atoms with Crippen LogP contribution in [0, 0.1) is 5.92 Å². The Labute approximate surface area is 146 Å². The smallest absolute Gasteiger partial charge is 0.0419 e. The second-order valence-electron chi connectivity index (χ2n) is 8.04. The van der Waals surface area contributed by atoms with Gasteiger partial charge >= 0.3 is 0 Å². The Morgan fingerprint density at radius 2 is 1.96 bits per heavy atom. The first kappa shape index (κ1) is 16.4. The average molecular weight is 329 g/mol. The number of hydrogen-bond donors (Lipinski definition) is 1. The van der Waals surface area contributed by atoms with Gasteiger partial charge in [0, 0.05) is 57.5 Å². The van der Waals surface area contributed by atoms with Crippen molar-refractivity contribution >= 4 is 5.69 Å². The Kier molecular flexibility index (Phi) is 4.79. The maximum absolute atomic E-state index is 3.59. The summed E-state index contributed by atoms with van der Waals surface area (Å²) in [7, 11) is 2.25. The zero-order chi connectivity index (χ0) is 16.5. The molecule has 2 atom stereocenters. The number of hydrogen-bond acceptors (Lipinski definition) is 4. The zero-order valence-electron chi connectivity index (χ0n) is 15.3. The molecule has 1 N–H and O–H groups in total. The summed E-state index contributed by atoms with van der Waals surface area (Å²) in [6.45, 7) is 12.1. The first-order chi connectivity index (χ1) is 11.7. The Morgan fingerprint density at radius 3 is 2.75 bits per heavy atom. The van der Waals surface area contributed by atoms with Gasteiger partial charge in [0.1, 0.15) is 0 Å². The van der Waals surface area contributed by atoms with E-state index in [9.17, 15) is 0 Å². The molecule has 2 unspecified atom stereocenters. The third-order valence-electron chi connectivity index (χ3n) is 6.28. The Hall–Kier alpha value is -1.10. The van der Waals surface area contributed by atoms with Gasteiger partial charge in [-0.1, -0.05) is 25.1 Å². The van der Waals surface area contributed by atoms with Crippen LogP contribution in [0.2, 0.25) is 0 Å². The number of likely N-dealkylation sites (tertiary alicyclic amines) is 1. The summed E-state index contributed by atoms with van der Waals surface area (Å²) in [5.41, 5.74) is 4.43. The van der Waals surface area contributed by atoms with Gasteiger partial charge in [-0.05, 0) is 43.5 Å². The molecule has 3 aliphatic rings. The van der Waals surface area contributed by atoms with Crippen molar-refractivity contribution in [3.63, 3.8) is 0 Å². The monoisotopic (exact) mass is 328 g/mol. The molecule has 3 aliphatic heterocycles. The lowest BCUT2D eigenvalue weighted by molar-refractivity contribution is 0.0326. The number of rotatable bonds is 3. The van der Waals surface area contributed by atoms with Gasteiger partial charge in [0.25, 0.3) is 0 Å². The highest BCUT2D eigenvalue weighted by molar-refractivity contribution is 5.61. The molecule has 4 nitrogen and oxygen atoms in total. The van der Waals surface area contributed by atoms with Crippen LogP contribution >= 0.6 is 0 Å². The van der Waals surface area contributed by atoms with Crippen LogP contribution in [-0.2, 0) is 13.0 Å². The van der Waals surface area contributed by atoms with Crippen LogP contribution in [0.4, 0.5) is 5.69 Å². The molecular formula is C20H32N4. The number of fused-ring (bicyclic) bond motifs is 1. The fourth-order valence-electron chi connectivity index (χ4n) is 4.84. The number of likely N-dealkylation sites (N-methyl/N-ethyl adjacent to an activating group) is 1. The molecule has 0 bridgehead atoms. The molecule has 0 aromatic heterocycles. The molecule has 3 heterocycles. The number of benzene rings is 1. The SMILES string of the molecule is CC1CN(Cc2cccc3c2NCC3)CCC1N1CCN(C)CC1. The van der Waals surface area contributed by atoms with Crippen molar-refractivity contribution in [2.24, 2.45) is 5.92 Å². The van der Waals surface area contributed by atoms with Gasteiger partial charge in [-0.2, -0.15) is 0 Å². The van der Waals surface area contributed by atoms with Crippen molar-refractivity contribution in [3.8, 4) is 0 Å². The maximum atomic E-state index is 3.59. The minimum atomic E-state index is 0.770. The maximum Gasteiger partial charge on any atom is 0.0419 e. The van der Waals surface area contributed by atoms with Crippen LogP contribution in [0.1, 0.15) is 24.5 Å². The molecule has 0 radical (unpaired) electrons. The standard InChI is InChI=1S/C20H32N4/c1-16-14-23(9-7-19(16)24-12-10-22(2)11-13-24)15-18-5-3-4-17-6-8-21-20(17)18/h3-5,16,19,21H,6-15H2,1-2H3. The van der Waals surface area contributed by atoms with E-state index in [4.69, 9.17) is 0 Å². The lowest BCUT2D eigenvalue weighted by Crippen LogP contribution is -2.55. The van der Waals surface area contributed by atoms with E-state index in [0.29, 0.717) is 0 Å². The Balaban J connectivity index is 1.36. The van der Waals surface area contributed by atoms with E-state index in [0.717, 1.165) is 25.0 Å². The van der Waals surface area contributed by atoms with E-state index in [1.54, 1.807) is 0 Å². The molecule has 4 rings (SSSR count). The van der Waals surface area contributed by atoms with Crippen LogP contribution in [-0.4, -0.2) is 73.6 Å². The fourth-order valence-corrected chi connectivity index (χ4v) is 4.84. The number of nitrogens with zero attached hydrogens (tertiary/aromatic N) is 3. The number of anilines is 1. The summed E-state index contributed by atoms with van der Waals surface area (Å²) < 4.78 is 0. The van der Waals surface area contributed by atoms with Gasteiger partial charge in [-0.3, -0.25) is 9.80 Å². The van der Waals surface area contributed by atoms with E-state index in [2.05, 4.69) is 52.2 Å². The van der Waals surface area contributed by atoms with Crippen LogP contribution < -0.4 is 5.32 Å². The topological polar surface area (TPSA) is 21.8 Å². The van der Waals surface area contributed by atoms with Crippen LogP contribution in [0.5, 0.6) is 0 Å². The molecule has 0 saturated carbocycles. The van der Waals surface area contributed by atoms with Gasteiger partial charge in [0.15, 0.2) is 0 Å². The Morgan fingerprint density at radius 1 is 1.12 bits per heavy atom. The van der Waals surface area contributed by atoms with Gasteiger partial charge in [-0.15, -0.1) is 0 Å². The average Bonchev–Trinajstić information content (AvgIpc) is 3.06. The largest absolute Gasteiger partial charge is 0.384 e. The van der Waals surface area contributed by atoms with E-state index in [1.165, 1.54) is 68.9 Å². The van der Waals surface area contributed by atoms with Gasteiger partial charge < -0.3 is 10.2 Å². The summed E-state index contributed by atoms with van der Waals surface area (Å²) in [5, 5.41) is 3.59. The molecule has 0 spiro atoms. The zero-order valence-corrected chi connectivity index (χ0v) is 15.3. The molecule has 132 valence electrons. The Bertz CT molecular complexity index is 565. The minimum Gasteiger partial charge on any atom is -0.384 e. The molecule has 24 heavy (non-hydrogen) atoms. The van der Waals surface area contributed by atoms with E-state index >= 15 is 0 Å². The number of piperidine rings is 1. The quantitative estimate of drug-likeness (QED) is 0.917. The van der Waals surface area contributed by atoms with E-state index in [1.807, 2.05) is 0 Å². The van der Waals surface area contributed by atoms with Gasteiger partial charge in [-0.25, -0.2) is 0 Å². The van der Waals surface area contributed by atoms with Crippen molar-refractivity contribution in [2.75, 3.05) is 58.2 Å². The van der Waals surface area contributed by atoms with Gasteiger partial charge in [0.2, 0.25) is 0 Å². The van der Waals surface area contributed by atoms with Crippen molar-refractivity contribution in [3.05, 3.63) is 29.3 Å². The van der Waals surface area contributed by atoms with Crippen LogP contribution in [0.3, 0.4) is 0 Å². The summed E-state index contributed by atoms with van der Waals surface area (Å²) in [5.74, 6) is 0.770. The minimum absolute atomic E-state index is 0.770. The lowest BCUT2D eigenvalue weighted by Gasteiger charge is -2.45. The van der Waals surface area contributed by atoms with E-state index in [-0.39, 0.29) is 0 Å². The third-order valence-corrected chi connectivity index (χ3v) is 6.28. The van der Waals surface area contributed by atoms with Crippen molar-refractivity contribution in [1.82, 2.24) is 14.7 Å². The molecule has 1 aromatic rings. The molecular weight excluding hydrogens is 296 g/mol. The van der Waals surface area contributed by atoms with Crippen LogP contribution in [0.25, 0.3) is 0 Å². The highest BCUT2D eigenvalue weighted by Gasteiger charge is 2.32. The first-order valence-electron chi connectivity index (χ1n) is 9.70. The second-order valence-corrected chi connectivity index (χ2v) is 8.04. The first-order valence-corrected chi connectivity index (χ1v) is 9.70. The molecule has 2 saturated heterocycles. The molecule has 1 aromatic carbocycles. The van der Waals surface area contributed by atoms with Crippen molar-refractivity contribution in [2.45, 2.75) is 32.4 Å². The molecule has 0 amide bonds. The van der Waals surface area contributed by atoms with E-state index < -0.39 is 0 Å². The highest BCUT2D eigenvalue weighted by Crippen LogP contribution is 2.29. The number of piperazine rings is 1. The van der Waals surface area contributed by atoms with Crippen molar-refractivity contribution in [1.29, 1.82) is 0 Å². The second kappa shape index (κ2) is 7.03. The summed E-state index contributed by atoms with van der Waals surface area (Å²) in [6.07, 6.45) is 2.51. The summed E-state index contributed by atoms with van der Waals surface area (Å²) in [6, 6.07) is 7.62. The normalized spacial score (nSPS) is 29.4. The highest BCUT2D eigenvalue weighted by atomic mass is 15.3. The summed E-state index contributed by atoms with van der Waals surface area (Å²) in [4.78, 5) is 7.88. The predicted molar refractivity (Wildman–Crippen MR) is 101 cm³/mol. The predicted octanol–water partition coefficient (Wildman–Crippen LogP) is 2.11.